The summed E-state index contributed by atoms with van der Waals surface area (Å²) in [6.07, 6.45) is 1.19. The van der Waals surface area contributed by atoms with Crippen LogP contribution in [0.25, 0.3) is 21.9 Å². The third-order valence-corrected chi connectivity index (χ3v) is 5.15. The van der Waals surface area contributed by atoms with Crippen LogP contribution < -0.4 is 0 Å². The first-order valence-electron chi connectivity index (χ1n) is 9.20. The summed E-state index contributed by atoms with van der Waals surface area (Å²) in [6, 6.07) is 18.2. The molecule has 1 atom stereocenters. The van der Waals surface area contributed by atoms with Crippen LogP contribution in [0, 0.1) is 6.92 Å². The molecule has 0 nitrogen and oxygen atoms in total. The molecular formula is C23H27Cl2Zr-. The third-order valence-electron chi connectivity index (χ3n) is 5.15. The van der Waals surface area contributed by atoms with E-state index in [0.29, 0.717) is 11.8 Å². The van der Waals surface area contributed by atoms with Gasteiger partial charge in [-0.05, 0) is 29.9 Å². The molecule has 3 heteroatoms. The summed E-state index contributed by atoms with van der Waals surface area (Å²) in [5, 5.41) is 2.79. The number of aryl methyl sites for hydroxylation is 1. The fraction of sp³-hybridized carbons (Fsp3) is 0.348. The molecule has 0 aliphatic carbocycles. The van der Waals surface area contributed by atoms with E-state index >= 15 is 0 Å². The zero-order valence-corrected chi connectivity index (χ0v) is 20.2. The van der Waals surface area contributed by atoms with Gasteiger partial charge >= 0.3 is 37.9 Å². The Balaban J connectivity index is 0.000000758. The van der Waals surface area contributed by atoms with Gasteiger partial charge in [0.15, 0.2) is 0 Å². The van der Waals surface area contributed by atoms with Crippen LogP contribution in [-0.2, 0) is 20.8 Å². The minimum absolute atomic E-state index is 0.532. The zero-order valence-electron chi connectivity index (χ0n) is 16.2. The van der Waals surface area contributed by atoms with Gasteiger partial charge in [-0.3, -0.25) is 0 Å². The van der Waals surface area contributed by atoms with Crippen LogP contribution in [0.1, 0.15) is 62.6 Å². The number of fused-ring (bicyclic) bond motifs is 1. The first-order chi connectivity index (χ1) is 12.4. The van der Waals surface area contributed by atoms with Crippen molar-refractivity contribution in [1.29, 1.82) is 0 Å². The molecular weight excluding hydrogens is 438 g/mol. The normalized spacial score (nSPS) is 12.0. The molecule has 0 N–H and O–H groups in total. The second-order valence-electron chi connectivity index (χ2n) is 7.17. The minimum atomic E-state index is -0.826. The molecule has 138 valence electrons. The van der Waals surface area contributed by atoms with Gasteiger partial charge < -0.3 is 0 Å². The number of hydrogen-bond acceptors (Lipinski definition) is 0. The van der Waals surface area contributed by atoms with Crippen molar-refractivity contribution in [3.8, 4) is 11.1 Å². The second-order valence-corrected chi connectivity index (χ2v) is 10.9. The molecule has 0 bridgehead atoms. The Labute approximate surface area is 176 Å². The maximum atomic E-state index is 4.93. The van der Waals surface area contributed by atoms with Crippen molar-refractivity contribution in [2.45, 2.75) is 52.9 Å². The first kappa shape index (κ1) is 21.8. The van der Waals surface area contributed by atoms with Crippen LogP contribution in [0.5, 0.6) is 0 Å². The Morgan fingerprint density at radius 1 is 1.04 bits per heavy atom. The number of halogens is 2. The summed E-state index contributed by atoms with van der Waals surface area (Å²) in [7, 11) is 9.87. The molecule has 0 saturated heterocycles. The summed E-state index contributed by atoms with van der Waals surface area (Å²) in [5.74, 6) is 1.15. The zero-order chi connectivity index (χ0) is 19.3. The molecule has 0 radical (unpaired) electrons. The summed E-state index contributed by atoms with van der Waals surface area (Å²) >= 11 is -0.826. The van der Waals surface area contributed by atoms with Gasteiger partial charge in [-0.15, -0.1) is 34.5 Å². The molecule has 26 heavy (non-hydrogen) atoms. The summed E-state index contributed by atoms with van der Waals surface area (Å²) in [6.45, 7) is 11.4. The van der Waals surface area contributed by atoms with Gasteiger partial charge in [0.2, 0.25) is 0 Å². The van der Waals surface area contributed by atoms with Gasteiger partial charge in [0.25, 0.3) is 0 Å². The van der Waals surface area contributed by atoms with Gasteiger partial charge in [-0.1, -0.05) is 69.5 Å². The average Bonchev–Trinajstić information content (AvgIpc) is 3.05. The van der Waals surface area contributed by atoms with Gasteiger partial charge in [0, 0.05) is 0 Å². The van der Waals surface area contributed by atoms with E-state index in [1.165, 1.54) is 45.0 Å². The molecule has 0 aromatic heterocycles. The summed E-state index contributed by atoms with van der Waals surface area (Å²) < 4.78 is 0. The molecule has 0 amide bonds. The predicted octanol–water partition coefficient (Wildman–Crippen LogP) is 8.55. The number of rotatable bonds is 4. The fourth-order valence-electron chi connectivity index (χ4n) is 3.52. The first-order valence-corrected chi connectivity index (χ1v) is 15.5. The van der Waals surface area contributed by atoms with E-state index < -0.39 is 20.8 Å². The van der Waals surface area contributed by atoms with Crippen LogP contribution in [0.2, 0.25) is 0 Å². The van der Waals surface area contributed by atoms with Gasteiger partial charge in [0.1, 0.15) is 0 Å². The Kier molecular flexibility index (Phi) is 8.53. The molecule has 0 spiro atoms. The Morgan fingerprint density at radius 2 is 1.69 bits per heavy atom. The van der Waals surface area contributed by atoms with Crippen molar-refractivity contribution in [3.05, 3.63) is 65.2 Å². The van der Waals surface area contributed by atoms with Crippen molar-refractivity contribution < 1.29 is 20.8 Å². The van der Waals surface area contributed by atoms with Crippen molar-refractivity contribution in [2.75, 3.05) is 0 Å². The summed E-state index contributed by atoms with van der Waals surface area (Å²) in [5.41, 5.74) is 7.09. The maximum absolute atomic E-state index is 4.93. The van der Waals surface area contributed by atoms with Gasteiger partial charge in [-0.2, -0.15) is 6.07 Å². The standard InChI is InChI=1S/C23H27.2ClH.Zr/c1-6-16(4)19-13-18-12-11-17(5)23(22(18)14-19)21-10-8-7-9-20(21)15(2)3;;;/h7-16H,6H2,1-5H3;2*1H;/q-1;;;+2/p-2. The van der Waals surface area contributed by atoms with Crippen LogP contribution in [0.15, 0.2) is 48.5 Å². The summed E-state index contributed by atoms with van der Waals surface area (Å²) in [4.78, 5) is 0. The van der Waals surface area contributed by atoms with E-state index in [1.807, 2.05) is 0 Å². The Morgan fingerprint density at radius 3 is 2.31 bits per heavy atom. The Hall–Kier alpha value is -0.487. The van der Waals surface area contributed by atoms with Crippen molar-refractivity contribution in [1.82, 2.24) is 0 Å². The molecule has 0 heterocycles. The average molecular weight is 466 g/mol. The monoisotopic (exact) mass is 463 g/mol. The van der Waals surface area contributed by atoms with E-state index in [0.717, 1.165) is 0 Å². The van der Waals surface area contributed by atoms with Crippen molar-refractivity contribution >= 4 is 27.8 Å². The van der Waals surface area contributed by atoms with Crippen LogP contribution in [0.3, 0.4) is 0 Å². The quantitative estimate of drug-likeness (QED) is 0.339. The topological polar surface area (TPSA) is 0 Å². The van der Waals surface area contributed by atoms with E-state index in [2.05, 4.69) is 83.1 Å². The number of hydrogen-bond donors (Lipinski definition) is 0. The fourth-order valence-corrected chi connectivity index (χ4v) is 3.52. The molecule has 0 saturated carbocycles. The van der Waals surface area contributed by atoms with Crippen LogP contribution >= 0.6 is 17.0 Å². The molecule has 3 aromatic rings. The van der Waals surface area contributed by atoms with E-state index in [9.17, 15) is 0 Å². The molecule has 0 aliphatic rings. The second kappa shape index (κ2) is 10.2. The molecule has 1 unspecified atom stereocenters. The van der Waals surface area contributed by atoms with Crippen molar-refractivity contribution in [3.63, 3.8) is 0 Å². The van der Waals surface area contributed by atoms with E-state index in [-0.39, 0.29) is 0 Å². The van der Waals surface area contributed by atoms with E-state index in [1.54, 1.807) is 0 Å². The predicted molar refractivity (Wildman–Crippen MR) is 114 cm³/mol. The van der Waals surface area contributed by atoms with Crippen LogP contribution in [-0.4, -0.2) is 0 Å². The van der Waals surface area contributed by atoms with Gasteiger partial charge in [0.05, 0.1) is 0 Å². The molecule has 3 aromatic carbocycles. The molecule has 0 aliphatic heterocycles. The molecule has 3 rings (SSSR count). The third kappa shape index (κ3) is 4.86. The van der Waals surface area contributed by atoms with Crippen LogP contribution in [0.4, 0.5) is 0 Å². The molecule has 0 fully saturated rings. The Bertz CT molecular complexity index is 849. The van der Waals surface area contributed by atoms with Crippen molar-refractivity contribution in [2.24, 2.45) is 0 Å². The van der Waals surface area contributed by atoms with Gasteiger partial charge in [-0.25, -0.2) is 0 Å². The SMILES string of the molecule is CCC(C)c1cc2c(-c3ccccc3C(C)C)c(C)ccc2[cH-]1.[Cl][Zr][Cl]. The number of benzene rings is 2. The van der Waals surface area contributed by atoms with E-state index in [4.69, 9.17) is 17.0 Å².